The first kappa shape index (κ1) is 13.0. The van der Waals surface area contributed by atoms with Gasteiger partial charge in [0.05, 0.1) is 6.07 Å². The minimum atomic E-state index is -0.929. The number of nitriles is 1. The van der Waals surface area contributed by atoms with Gasteiger partial charge in [0, 0.05) is 12.4 Å². The van der Waals surface area contributed by atoms with Crippen LogP contribution in [0.2, 0.25) is 0 Å². The molecule has 0 heterocycles. The monoisotopic (exact) mass is 236 g/mol. The zero-order valence-corrected chi connectivity index (χ0v) is 9.91. The largest absolute Gasteiger partial charge is 0.396 e. The Kier molecular flexibility index (Phi) is 5.33. The zero-order chi connectivity index (χ0) is 11.9. The third-order valence-corrected chi connectivity index (χ3v) is 3.50. The molecular weight excluding hydrogens is 220 g/mol. The van der Waals surface area contributed by atoms with E-state index in [2.05, 4.69) is 6.07 Å². The van der Waals surface area contributed by atoms with Gasteiger partial charge in [-0.3, -0.25) is 0 Å². The van der Waals surface area contributed by atoms with Crippen molar-refractivity contribution in [1.29, 1.82) is 5.26 Å². The summed E-state index contributed by atoms with van der Waals surface area (Å²) in [6, 6.07) is 11.6. The quantitative estimate of drug-likeness (QED) is 0.734. The third kappa shape index (κ3) is 3.53. The van der Waals surface area contributed by atoms with E-state index in [0.717, 1.165) is 17.7 Å². The molecule has 1 aromatic carbocycles. The van der Waals surface area contributed by atoms with Gasteiger partial charge in [0.1, 0.15) is 5.54 Å². The maximum atomic E-state index is 9.16. The molecule has 3 nitrogen and oxygen atoms in total. The molecule has 86 valence electrons. The van der Waals surface area contributed by atoms with Crippen molar-refractivity contribution in [3.63, 3.8) is 0 Å². The number of hydrogen-bond acceptors (Lipinski definition) is 4. The molecule has 0 aromatic heterocycles. The minimum Gasteiger partial charge on any atom is -0.396 e. The number of aliphatic hydroxyl groups excluding tert-OH is 1. The Balaban J connectivity index is 2.61. The molecule has 1 aromatic rings. The molecular formula is C12H16N2OS. The van der Waals surface area contributed by atoms with Gasteiger partial charge in [-0.25, -0.2) is 0 Å². The highest BCUT2D eigenvalue weighted by atomic mass is 32.2. The first-order valence-corrected chi connectivity index (χ1v) is 6.32. The van der Waals surface area contributed by atoms with Crippen molar-refractivity contribution >= 4 is 11.8 Å². The van der Waals surface area contributed by atoms with E-state index in [9.17, 15) is 0 Å². The second kappa shape index (κ2) is 6.54. The molecule has 0 spiro atoms. The SMILES string of the molecule is N#CC(N)(CSCCCO)c1ccccc1. The summed E-state index contributed by atoms with van der Waals surface area (Å²) in [7, 11) is 0. The van der Waals surface area contributed by atoms with E-state index in [4.69, 9.17) is 16.1 Å². The number of nitrogens with two attached hydrogens (primary N) is 1. The smallest absolute Gasteiger partial charge is 0.138 e. The molecule has 0 saturated carbocycles. The Morgan fingerprint density at radius 3 is 2.62 bits per heavy atom. The molecule has 3 N–H and O–H groups in total. The highest BCUT2D eigenvalue weighted by Crippen LogP contribution is 2.22. The summed E-state index contributed by atoms with van der Waals surface area (Å²) in [6.45, 7) is 0.183. The Labute approximate surface area is 100 Å². The fraction of sp³-hybridized carbons (Fsp3) is 0.417. The van der Waals surface area contributed by atoms with Crippen LogP contribution in [0.15, 0.2) is 30.3 Å². The number of thioether (sulfide) groups is 1. The Hall–Kier alpha value is -1.02. The molecule has 0 aliphatic rings. The maximum Gasteiger partial charge on any atom is 0.138 e. The number of hydrogen-bond donors (Lipinski definition) is 2. The van der Waals surface area contributed by atoms with Gasteiger partial charge < -0.3 is 10.8 Å². The summed E-state index contributed by atoms with van der Waals surface area (Å²) in [6.07, 6.45) is 0.737. The Morgan fingerprint density at radius 2 is 2.06 bits per heavy atom. The lowest BCUT2D eigenvalue weighted by Gasteiger charge is -2.21. The normalized spacial score (nSPS) is 14.1. The van der Waals surface area contributed by atoms with Crippen LogP contribution >= 0.6 is 11.8 Å². The Bertz CT molecular complexity index is 350. The van der Waals surface area contributed by atoms with Crippen molar-refractivity contribution in [1.82, 2.24) is 0 Å². The molecule has 0 aliphatic heterocycles. The van der Waals surface area contributed by atoms with E-state index in [1.807, 2.05) is 30.3 Å². The minimum absolute atomic E-state index is 0.183. The molecule has 1 rings (SSSR count). The lowest BCUT2D eigenvalue weighted by molar-refractivity contribution is 0.296. The summed E-state index contributed by atoms with van der Waals surface area (Å²) < 4.78 is 0. The van der Waals surface area contributed by atoms with Gasteiger partial charge >= 0.3 is 0 Å². The Morgan fingerprint density at radius 1 is 1.38 bits per heavy atom. The first-order chi connectivity index (χ1) is 7.73. The van der Waals surface area contributed by atoms with Gasteiger partial charge in [-0.05, 0) is 17.7 Å². The molecule has 1 atom stereocenters. The molecule has 4 heteroatoms. The van der Waals surface area contributed by atoms with Gasteiger partial charge in [0.15, 0.2) is 0 Å². The fourth-order valence-corrected chi connectivity index (χ4v) is 2.35. The van der Waals surface area contributed by atoms with E-state index >= 15 is 0 Å². The second-order valence-electron chi connectivity index (χ2n) is 3.58. The maximum absolute atomic E-state index is 9.16. The average molecular weight is 236 g/mol. The van der Waals surface area contributed by atoms with E-state index in [1.165, 1.54) is 0 Å². The van der Waals surface area contributed by atoms with E-state index in [-0.39, 0.29) is 6.61 Å². The molecule has 0 amide bonds. The van der Waals surface area contributed by atoms with Crippen molar-refractivity contribution in [2.45, 2.75) is 12.0 Å². The van der Waals surface area contributed by atoms with Crippen molar-refractivity contribution in [2.24, 2.45) is 5.73 Å². The molecule has 0 radical (unpaired) electrons. The second-order valence-corrected chi connectivity index (χ2v) is 4.68. The molecule has 0 aliphatic carbocycles. The highest BCUT2D eigenvalue weighted by Gasteiger charge is 2.26. The fourth-order valence-electron chi connectivity index (χ4n) is 1.32. The van der Waals surface area contributed by atoms with E-state index in [1.54, 1.807) is 11.8 Å². The van der Waals surface area contributed by atoms with Crippen LogP contribution in [-0.2, 0) is 5.54 Å². The van der Waals surface area contributed by atoms with Crippen LogP contribution in [0.1, 0.15) is 12.0 Å². The number of nitrogens with zero attached hydrogens (tertiary/aromatic N) is 1. The van der Waals surface area contributed by atoms with Crippen LogP contribution in [-0.4, -0.2) is 23.2 Å². The van der Waals surface area contributed by atoms with Gasteiger partial charge in [-0.2, -0.15) is 17.0 Å². The molecule has 1 unspecified atom stereocenters. The van der Waals surface area contributed by atoms with E-state index in [0.29, 0.717) is 5.75 Å². The predicted molar refractivity (Wildman–Crippen MR) is 66.9 cm³/mol. The van der Waals surface area contributed by atoms with Crippen LogP contribution in [0.5, 0.6) is 0 Å². The van der Waals surface area contributed by atoms with Gasteiger partial charge in [0.2, 0.25) is 0 Å². The lowest BCUT2D eigenvalue weighted by atomic mass is 9.95. The molecule has 0 saturated heterocycles. The van der Waals surface area contributed by atoms with Crippen LogP contribution in [0.25, 0.3) is 0 Å². The zero-order valence-electron chi connectivity index (χ0n) is 9.10. The van der Waals surface area contributed by atoms with Crippen molar-refractivity contribution in [3.8, 4) is 6.07 Å². The summed E-state index contributed by atoms with van der Waals surface area (Å²) in [5.41, 5.74) is 5.97. The average Bonchev–Trinajstić information content (AvgIpc) is 2.35. The molecule has 0 fully saturated rings. The molecule has 16 heavy (non-hydrogen) atoms. The summed E-state index contributed by atoms with van der Waals surface area (Å²) >= 11 is 1.60. The topological polar surface area (TPSA) is 70.0 Å². The van der Waals surface area contributed by atoms with Crippen LogP contribution in [0.3, 0.4) is 0 Å². The van der Waals surface area contributed by atoms with Crippen LogP contribution in [0, 0.1) is 11.3 Å². The van der Waals surface area contributed by atoms with Crippen LogP contribution < -0.4 is 5.73 Å². The summed E-state index contributed by atoms with van der Waals surface area (Å²) in [4.78, 5) is 0. The van der Waals surface area contributed by atoms with Gasteiger partial charge in [0.25, 0.3) is 0 Å². The highest BCUT2D eigenvalue weighted by molar-refractivity contribution is 7.99. The van der Waals surface area contributed by atoms with Gasteiger partial charge in [-0.1, -0.05) is 30.3 Å². The standard InChI is InChI=1S/C12H16N2OS/c13-9-12(14,10-16-8-4-7-15)11-5-2-1-3-6-11/h1-3,5-6,15H,4,7-8,10,14H2. The predicted octanol–water partition coefficient (Wildman–Crippen LogP) is 1.48. The summed E-state index contributed by atoms with van der Waals surface area (Å²) in [5.74, 6) is 1.37. The lowest BCUT2D eigenvalue weighted by Crippen LogP contribution is -2.37. The first-order valence-electron chi connectivity index (χ1n) is 5.17. The van der Waals surface area contributed by atoms with Crippen LogP contribution in [0.4, 0.5) is 0 Å². The number of rotatable bonds is 6. The van der Waals surface area contributed by atoms with Crippen molar-refractivity contribution in [2.75, 3.05) is 18.1 Å². The van der Waals surface area contributed by atoms with Gasteiger partial charge in [-0.15, -0.1) is 0 Å². The van der Waals surface area contributed by atoms with E-state index < -0.39 is 5.54 Å². The van der Waals surface area contributed by atoms with Crippen molar-refractivity contribution < 1.29 is 5.11 Å². The number of aliphatic hydroxyl groups is 1. The molecule has 0 bridgehead atoms. The third-order valence-electron chi connectivity index (χ3n) is 2.26. The summed E-state index contributed by atoms with van der Waals surface area (Å²) in [5, 5.41) is 17.8. The number of benzene rings is 1. The van der Waals surface area contributed by atoms with Crippen molar-refractivity contribution in [3.05, 3.63) is 35.9 Å².